The maximum atomic E-state index is 12.1. The van der Waals surface area contributed by atoms with Gasteiger partial charge < -0.3 is 5.73 Å². The van der Waals surface area contributed by atoms with Crippen molar-refractivity contribution >= 4 is 45.0 Å². The van der Waals surface area contributed by atoms with Crippen molar-refractivity contribution in [1.82, 2.24) is 4.90 Å². The minimum absolute atomic E-state index is 0.220. The molecule has 0 saturated heterocycles. The van der Waals surface area contributed by atoms with Gasteiger partial charge in [0.1, 0.15) is 0 Å². The molecule has 6 heteroatoms. The van der Waals surface area contributed by atoms with E-state index in [1.54, 1.807) is 18.2 Å². The van der Waals surface area contributed by atoms with Crippen LogP contribution in [0.25, 0.3) is 0 Å². The van der Waals surface area contributed by atoms with Crippen molar-refractivity contribution in [3.63, 3.8) is 0 Å². The third-order valence-corrected chi connectivity index (χ3v) is 3.69. The Bertz CT molecular complexity index is 560. The van der Waals surface area contributed by atoms with Crippen LogP contribution in [0.1, 0.15) is 40.0 Å². The van der Waals surface area contributed by atoms with Gasteiger partial charge in [-0.2, -0.15) is 0 Å². The number of unbranched alkanes of at least 4 members (excludes halogenated alkanes) is 1. The van der Waals surface area contributed by atoms with E-state index in [0.29, 0.717) is 35.5 Å². The lowest BCUT2D eigenvalue weighted by atomic mass is 10.1. The number of fused-ring (bicyclic) bond motifs is 1. The highest BCUT2D eigenvalue weighted by Gasteiger charge is 2.34. The van der Waals surface area contributed by atoms with Gasteiger partial charge >= 0.3 is 0 Å². The first-order chi connectivity index (χ1) is 9.00. The largest absolute Gasteiger partial charge is 0.393 e. The van der Waals surface area contributed by atoms with E-state index in [0.717, 1.165) is 10.9 Å². The number of rotatable bonds is 5. The lowest BCUT2D eigenvalue weighted by Crippen LogP contribution is -2.30. The van der Waals surface area contributed by atoms with Crippen LogP contribution in [-0.2, 0) is 0 Å². The van der Waals surface area contributed by atoms with Crippen LogP contribution in [0.3, 0.4) is 0 Å². The number of nitrogens with zero attached hydrogens (tertiary/aromatic N) is 1. The fourth-order valence-corrected chi connectivity index (χ4v) is 2.54. The maximum Gasteiger partial charge on any atom is 0.261 e. The van der Waals surface area contributed by atoms with E-state index < -0.39 is 0 Å². The second-order valence-corrected chi connectivity index (χ2v) is 5.82. The number of amides is 2. The molecule has 4 nitrogen and oxygen atoms in total. The van der Waals surface area contributed by atoms with E-state index in [1.807, 2.05) is 0 Å². The normalized spacial score (nSPS) is 13.8. The Morgan fingerprint density at radius 1 is 1.21 bits per heavy atom. The fraction of sp³-hybridized carbons (Fsp3) is 0.308. The molecule has 0 saturated carbocycles. The fourth-order valence-electron chi connectivity index (χ4n) is 2.04. The van der Waals surface area contributed by atoms with Gasteiger partial charge in [0.25, 0.3) is 11.8 Å². The van der Waals surface area contributed by atoms with Gasteiger partial charge in [0.15, 0.2) is 0 Å². The van der Waals surface area contributed by atoms with Gasteiger partial charge in [0.05, 0.1) is 16.1 Å². The van der Waals surface area contributed by atoms with Gasteiger partial charge in [0.2, 0.25) is 0 Å². The molecular formula is C13H13BrN2O2S. The molecule has 1 aromatic rings. The zero-order valence-corrected chi connectivity index (χ0v) is 12.6. The van der Waals surface area contributed by atoms with Gasteiger partial charge in [-0.05, 0) is 37.5 Å². The first-order valence-corrected chi connectivity index (χ1v) is 7.15. The van der Waals surface area contributed by atoms with Gasteiger partial charge in [-0.1, -0.05) is 28.1 Å². The zero-order valence-electron chi connectivity index (χ0n) is 10.2. The lowest BCUT2D eigenvalue weighted by Gasteiger charge is -2.13. The Labute approximate surface area is 125 Å². The Kier molecular flexibility index (Phi) is 4.31. The lowest BCUT2D eigenvalue weighted by molar-refractivity contribution is 0.0652. The van der Waals surface area contributed by atoms with Crippen LogP contribution in [0.5, 0.6) is 0 Å². The molecule has 1 aliphatic rings. The van der Waals surface area contributed by atoms with Crippen LogP contribution < -0.4 is 5.73 Å². The maximum absolute atomic E-state index is 12.1. The quantitative estimate of drug-likeness (QED) is 0.508. The molecule has 0 radical (unpaired) electrons. The molecule has 0 spiro atoms. The number of benzene rings is 1. The number of carbonyl (C=O) groups is 2. The van der Waals surface area contributed by atoms with Crippen molar-refractivity contribution in [2.75, 3.05) is 6.54 Å². The van der Waals surface area contributed by atoms with Crippen LogP contribution in [0.15, 0.2) is 22.7 Å². The second-order valence-electron chi connectivity index (χ2n) is 4.38. The number of carbonyl (C=O) groups excluding carboxylic acids is 2. The summed E-state index contributed by atoms with van der Waals surface area (Å²) in [7, 11) is 0. The van der Waals surface area contributed by atoms with E-state index in [2.05, 4.69) is 15.9 Å². The molecule has 0 aromatic heterocycles. The number of halogens is 1. The smallest absolute Gasteiger partial charge is 0.261 e. The molecule has 1 aliphatic heterocycles. The summed E-state index contributed by atoms with van der Waals surface area (Å²) in [6, 6.07) is 5.12. The second kappa shape index (κ2) is 5.79. The molecule has 0 fully saturated rings. The highest BCUT2D eigenvalue weighted by molar-refractivity contribution is 9.10. The van der Waals surface area contributed by atoms with E-state index in [1.165, 1.54) is 4.90 Å². The Balaban J connectivity index is 2.04. The van der Waals surface area contributed by atoms with Crippen molar-refractivity contribution in [2.24, 2.45) is 5.73 Å². The molecule has 2 N–H and O–H groups in total. The van der Waals surface area contributed by atoms with E-state index in [4.69, 9.17) is 18.0 Å². The predicted octanol–water partition coefficient (Wildman–Crippen LogP) is 2.50. The summed E-state index contributed by atoms with van der Waals surface area (Å²) >= 11 is 8.09. The van der Waals surface area contributed by atoms with Crippen molar-refractivity contribution in [1.29, 1.82) is 0 Å². The van der Waals surface area contributed by atoms with Crippen LogP contribution in [0.2, 0.25) is 0 Å². The summed E-state index contributed by atoms with van der Waals surface area (Å²) in [6.07, 6.45) is 2.14. The predicted molar refractivity (Wildman–Crippen MR) is 80.1 cm³/mol. The number of hydrogen-bond donors (Lipinski definition) is 1. The van der Waals surface area contributed by atoms with Crippen molar-refractivity contribution in [2.45, 2.75) is 19.3 Å². The molecule has 100 valence electrons. The van der Waals surface area contributed by atoms with E-state index >= 15 is 0 Å². The summed E-state index contributed by atoms with van der Waals surface area (Å²) in [5.74, 6) is -0.445. The molecule has 0 aliphatic carbocycles. The van der Waals surface area contributed by atoms with Crippen molar-refractivity contribution < 1.29 is 9.59 Å². The average Bonchev–Trinajstić information content (AvgIpc) is 2.58. The average molecular weight is 341 g/mol. The van der Waals surface area contributed by atoms with E-state index in [-0.39, 0.29) is 11.8 Å². The third-order valence-electron chi connectivity index (χ3n) is 2.99. The standard InChI is InChI=1S/C13H13BrN2O2S/c14-8-4-5-9-10(7-8)13(18)16(12(9)17)6-2-1-3-11(15)19/h4-5,7H,1-3,6H2,(H2,15,19). The number of imide groups is 1. The molecule has 0 unspecified atom stereocenters. The summed E-state index contributed by atoms with van der Waals surface area (Å²) in [6.45, 7) is 0.409. The summed E-state index contributed by atoms with van der Waals surface area (Å²) in [5, 5.41) is 0. The van der Waals surface area contributed by atoms with Crippen molar-refractivity contribution in [3.05, 3.63) is 33.8 Å². The SMILES string of the molecule is NC(=S)CCCCN1C(=O)c2ccc(Br)cc2C1=O. The summed E-state index contributed by atoms with van der Waals surface area (Å²) < 4.78 is 0.794. The highest BCUT2D eigenvalue weighted by atomic mass is 79.9. The van der Waals surface area contributed by atoms with Gasteiger partial charge in [-0.15, -0.1) is 0 Å². The first-order valence-electron chi connectivity index (χ1n) is 5.95. The minimum atomic E-state index is -0.225. The summed E-state index contributed by atoms with van der Waals surface area (Å²) in [4.78, 5) is 26.0. The van der Waals surface area contributed by atoms with Crippen LogP contribution in [0.4, 0.5) is 0 Å². The molecule has 0 atom stereocenters. The number of thiocarbonyl (C=S) groups is 1. The Hall–Kier alpha value is -1.27. The molecule has 0 bridgehead atoms. The van der Waals surface area contributed by atoms with Crippen LogP contribution in [0, 0.1) is 0 Å². The van der Waals surface area contributed by atoms with E-state index in [9.17, 15) is 9.59 Å². The zero-order chi connectivity index (χ0) is 14.0. The first kappa shape index (κ1) is 14.1. The molecule has 2 amide bonds. The van der Waals surface area contributed by atoms with Crippen molar-refractivity contribution in [3.8, 4) is 0 Å². The molecule has 19 heavy (non-hydrogen) atoms. The van der Waals surface area contributed by atoms with Gasteiger partial charge in [0, 0.05) is 11.0 Å². The Morgan fingerprint density at radius 2 is 1.89 bits per heavy atom. The molecule has 2 rings (SSSR count). The molecule has 1 aromatic carbocycles. The van der Waals surface area contributed by atoms with Gasteiger partial charge in [-0.3, -0.25) is 14.5 Å². The van der Waals surface area contributed by atoms with Crippen LogP contribution in [-0.4, -0.2) is 28.2 Å². The minimum Gasteiger partial charge on any atom is -0.393 e. The monoisotopic (exact) mass is 340 g/mol. The van der Waals surface area contributed by atoms with Gasteiger partial charge in [-0.25, -0.2) is 0 Å². The van der Waals surface area contributed by atoms with Crippen LogP contribution >= 0.6 is 28.1 Å². The number of hydrogen-bond acceptors (Lipinski definition) is 3. The Morgan fingerprint density at radius 3 is 2.58 bits per heavy atom. The molecular weight excluding hydrogens is 328 g/mol. The highest BCUT2D eigenvalue weighted by Crippen LogP contribution is 2.26. The summed E-state index contributed by atoms with van der Waals surface area (Å²) in [5.41, 5.74) is 6.35. The molecule has 1 heterocycles. The third kappa shape index (κ3) is 3.01. The topological polar surface area (TPSA) is 63.4 Å². The number of nitrogens with two attached hydrogens (primary N) is 1.